The molecule has 2 aromatic heterocycles. The van der Waals surface area contributed by atoms with Crippen molar-refractivity contribution in [3.05, 3.63) is 28.9 Å². The lowest BCUT2D eigenvalue weighted by atomic mass is 10.1. The SMILES string of the molecule is COc1cc(Cl)c(-c2nc(SC(C)C)nc3c2c(C#N)cn3COCC[Si](C)(C)C)cc1O. The van der Waals surface area contributed by atoms with Crippen LogP contribution >= 0.6 is 23.4 Å². The summed E-state index contributed by atoms with van der Waals surface area (Å²) in [6.07, 6.45) is 1.73. The molecule has 0 fully saturated rings. The number of nitriles is 1. The van der Waals surface area contributed by atoms with Crippen molar-refractivity contribution >= 4 is 42.5 Å². The molecule has 0 atom stereocenters. The first kappa shape index (κ1) is 25.4. The number of thioether (sulfide) groups is 1. The van der Waals surface area contributed by atoms with E-state index >= 15 is 0 Å². The van der Waals surface area contributed by atoms with Crippen LogP contribution in [-0.2, 0) is 11.5 Å². The summed E-state index contributed by atoms with van der Waals surface area (Å²) >= 11 is 8.06. The van der Waals surface area contributed by atoms with E-state index in [-0.39, 0.29) is 23.5 Å². The first-order valence-corrected chi connectivity index (χ1v) is 15.6. The average molecular weight is 505 g/mol. The second kappa shape index (κ2) is 10.3. The van der Waals surface area contributed by atoms with Crippen molar-refractivity contribution in [3.63, 3.8) is 0 Å². The highest BCUT2D eigenvalue weighted by atomic mass is 35.5. The first-order valence-electron chi connectivity index (χ1n) is 10.7. The second-order valence-corrected chi connectivity index (χ2v) is 16.8. The normalized spacial score (nSPS) is 11.8. The van der Waals surface area contributed by atoms with Gasteiger partial charge in [0.25, 0.3) is 0 Å². The Morgan fingerprint density at radius 1 is 1.27 bits per heavy atom. The van der Waals surface area contributed by atoms with Crippen molar-refractivity contribution in [2.45, 2.75) is 56.7 Å². The van der Waals surface area contributed by atoms with Crippen LogP contribution in [0.4, 0.5) is 0 Å². The summed E-state index contributed by atoms with van der Waals surface area (Å²) in [5, 5.41) is 22.0. The van der Waals surface area contributed by atoms with Gasteiger partial charge in [0, 0.05) is 37.8 Å². The van der Waals surface area contributed by atoms with Crippen molar-refractivity contribution in [2.24, 2.45) is 0 Å². The number of hydrogen-bond donors (Lipinski definition) is 1. The van der Waals surface area contributed by atoms with Crippen LogP contribution < -0.4 is 4.74 Å². The zero-order chi connectivity index (χ0) is 24.3. The van der Waals surface area contributed by atoms with Crippen LogP contribution in [0.15, 0.2) is 23.5 Å². The highest BCUT2D eigenvalue weighted by molar-refractivity contribution is 7.99. The number of aromatic hydroxyl groups is 1. The minimum absolute atomic E-state index is 0.0608. The zero-order valence-electron chi connectivity index (χ0n) is 19.8. The molecule has 0 bridgehead atoms. The van der Waals surface area contributed by atoms with E-state index in [9.17, 15) is 10.4 Å². The van der Waals surface area contributed by atoms with Crippen molar-refractivity contribution in [2.75, 3.05) is 13.7 Å². The summed E-state index contributed by atoms with van der Waals surface area (Å²) in [6.45, 7) is 12.0. The van der Waals surface area contributed by atoms with Gasteiger partial charge in [-0.15, -0.1) is 0 Å². The Morgan fingerprint density at radius 3 is 2.61 bits per heavy atom. The summed E-state index contributed by atoms with van der Waals surface area (Å²) in [4.78, 5) is 9.48. The smallest absolute Gasteiger partial charge is 0.190 e. The van der Waals surface area contributed by atoms with Gasteiger partial charge in [0.15, 0.2) is 16.7 Å². The van der Waals surface area contributed by atoms with Gasteiger partial charge in [-0.05, 0) is 12.1 Å². The zero-order valence-corrected chi connectivity index (χ0v) is 22.3. The molecule has 10 heteroatoms. The topological polar surface area (TPSA) is 93.2 Å². The van der Waals surface area contributed by atoms with Gasteiger partial charge in [-0.25, -0.2) is 9.97 Å². The van der Waals surface area contributed by atoms with E-state index in [1.165, 1.54) is 31.0 Å². The molecule has 0 aliphatic carbocycles. The Bertz CT molecular complexity index is 1200. The molecule has 7 nitrogen and oxygen atoms in total. The number of fused-ring (bicyclic) bond motifs is 1. The molecule has 0 saturated carbocycles. The lowest BCUT2D eigenvalue weighted by Gasteiger charge is -2.16. The average Bonchev–Trinajstić information content (AvgIpc) is 3.08. The van der Waals surface area contributed by atoms with E-state index in [0.29, 0.717) is 44.6 Å². The number of benzene rings is 1. The third-order valence-corrected chi connectivity index (χ3v) is 7.79. The maximum Gasteiger partial charge on any atom is 0.190 e. The van der Waals surface area contributed by atoms with E-state index in [1.54, 1.807) is 6.20 Å². The molecule has 176 valence electrons. The van der Waals surface area contributed by atoms with E-state index < -0.39 is 8.07 Å². The van der Waals surface area contributed by atoms with Gasteiger partial charge in [0.2, 0.25) is 0 Å². The van der Waals surface area contributed by atoms with Gasteiger partial charge >= 0.3 is 0 Å². The second-order valence-electron chi connectivity index (χ2n) is 9.20. The molecule has 0 aliphatic rings. The van der Waals surface area contributed by atoms with Gasteiger partial charge in [-0.1, -0.05) is 56.9 Å². The summed E-state index contributed by atoms with van der Waals surface area (Å²) < 4.78 is 12.9. The van der Waals surface area contributed by atoms with Gasteiger partial charge in [0.1, 0.15) is 18.4 Å². The third-order valence-electron chi connectivity index (χ3n) is 4.91. The molecular weight excluding hydrogens is 476 g/mol. The Kier molecular flexibility index (Phi) is 7.95. The monoisotopic (exact) mass is 504 g/mol. The van der Waals surface area contributed by atoms with Crippen molar-refractivity contribution in [3.8, 4) is 28.8 Å². The van der Waals surface area contributed by atoms with E-state index in [0.717, 1.165) is 6.04 Å². The fraction of sp³-hybridized carbons (Fsp3) is 0.435. The number of ether oxygens (including phenoxy) is 2. The van der Waals surface area contributed by atoms with Crippen LogP contribution in [0.25, 0.3) is 22.3 Å². The predicted octanol–water partition coefficient (Wildman–Crippen LogP) is 6.15. The van der Waals surface area contributed by atoms with E-state index in [4.69, 9.17) is 31.0 Å². The number of phenolic OH excluding ortho intramolecular Hbond substituents is 1. The van der Waals surface area contributed by atoms with Gasteiger partial charge in [-0.3, -0.25) is 0 Å². The number of aromatic nitrogens is 3. The number of methoxy groups -OCH3 is 1. The number of nitrogens with zero attached hydrogens (tertiary/aromatic N) is 4. The molecule has 0 amide bonds. The van der Waals surface area contributed by atoms with Crippen LogP contribution in [0, 0.1) is 11.3 Å². The maximum absolute atomic E-state index is 10.4. The van der Waals surface area contributed by atoms with Crippen molar-refractivity contribution < 1.29 is 14.6 Å². The van der Waals surface area contributed by atoms with Gasteiger partial charge in [0.05, 0.1) is 28.8 Å². The van der Waals surface area contributed by atoms with Gasteiger partial charge in [-0.2, -0.15) is 5.26 Å². The summed E-state index contributed by atoms with van der Waals surface area (Å²) in [6, 6.07) is 6.34. The fourth-order valence-corrected chi connectivity index (χ4v) is 4.94. The Balaban J connectivity index is 2.16. The molecular formula is C23H29ClN4O3SSi. The lowest BCUT2D eigenvalue weighted by Crippen LogP contribution is -2.22. The van der Waals surface area contributed by atoms with Crippen LogP contribution in [0.2, 0.25) is 30.7 Å². The molecule has 1 N–H and O–H groups in total. The van der Waals surface area contributed by atoms with Crippen molar-refractivity contribution in [1.29, 1.82) is 5.26 Å². The van der Waals surface area contributed by atoms with E-state index in [1.807, 2.05) is 4.57 Å². The lowest BCUT2D eigenvalue weighted by molar-refractivity contribution is 0.0898. The Hall–Kier alpha value is -2.25. The highest BCUT2D eigenvalue weighted by Gasteiger charge is 2.22. The van der Waals surface area contributed by atoms with Crippen molar-refractivity contribution in [1.82, 2.24) is 14.5 Å². The quantitative estimate of drug-likeness (QED) is 0.161. The first-order chi connectivity index (χ1) is 15.5. The molecule has 0 unspecified atom stereocenters. The van der Waals surface area contributed by atoms with Crippen LogP contribution in [0.1, 0.15) is 19.4 Å². The van der Waals surface area contributed by atoms with Gasteiger partial charge < -0.3 is 19.1 Å². The number of hydrogen-bond acceptors (Lipinski definition) is 7. The maximum atomic E-state index is 10.4. The molecule has 0 radical (unpaired) electrons. The predicted molar refractivity (Wildman–Crippen MR) is 136 cm³/mol. The molecule has 0 saturated heterocycles. The fourth-order valence-electron chi connectivity index (χ4n) is 3.24. The standard InChI is InChI=1S/C23H29ClN4O3SSi/c1-14(2)32-23-26-21(16-9-18(29)19(30-3)10-17(16)24)20-15(11-25)12-28(22(20)27-23)13-31-7-8-33(4,5)6/h9-10,12,14,29H,7-8,13H2,1-6H3. The minimum atomic E-state index is -1.21. The van der Waals surface area contributed by atoms with E-state index in [2.05, 4.69) is 39.6 Å². The van der Waals surface area contributed by atoms with Crippen LogP contribution in [0.5, 0.6) is 11.5 Å². The molecule has 0 spiro atoms. The number of halogens is 1. The summed E-state index contributed by atoms with van der Waals surface area (Å²) in [5.74, 6) is 0.203. The van der Waals surface area contributed by atoms with Crippen LogP contribution in [0.3, 0.4) is 0 Å². The number of phenols is 1. The molecule has 2 heterocycles. The largest absolute Gasteiger partial charge is 0.504 e. The summed E-state index contributed by atoms with van der Waals surface area (Å²) in [5.41, 5.74) is 2.01. The molecule has 33 heavy (non-hydrogen) atoms. The molecule has 1 aromatic carbocycles. The van der Waals surface area contributed by atoms with Crippen LogP contribution in [-0.4, -0.2) is 46.7 Å². The highest BCUT2D eigenvalue weighted by Crippen LogP contribution is 2.41. The summed E-state index contributed by atoms with van der Waals surface area (Å²) in [7, 11) is 0.245. The number of rotatable bonds is 9. The molecule has 0 aliphatic heterocycles. The Labute approximate surface area is 204 Å². The molecule has 3 aromatic rings. The Morgan fingerprint density at radius 2 is 2.00 bits per heavy atom. The minimum Gasteiger partial charge on any atom is -0.504 e. The third kappa shape index (κ3) is 6.01. The molecule has 3 rings (SSSR count).